The maximum Gasteiger partial charge on any atom is 0.410 e. The van der Waals surface area contributed by atoms with Crippen LogP contribution in [0.3, 0.4) is 0 Å². The lowest BCUT2D eigenvalue weighted by Crippen LogP contribution is -2.41. The topological polar surface area (TPSA) is 49.8 Å². The smallest absolute Gasteiger partial charge is 0.410 e. The average molecular weight is 257 g/mol. The second-order valence-corrected chi connectivity index (χ2v) is 6.33. The first kappa shape index (κ1) is 15.3. The lowest BCUT2D eigenvalue weighted by Gasteiger charge is -2.30. The molecule has 1 N–H and O–H groups in total. The van der Waals surface area contributed by atoms with Crippen LogP contribution in [0.4, 0.5) is 4.79 Å². The molecule has 0 aromatic heterocycles. The molecule has 106 valence electrons. The van der Waals surface area contributed by atoms with Gasteiger partial charge in [0, 0.05) is 13.6 Å². The van der Waals surface area contributed by atoms with Gasteiger partial charge in [-0.05, 0) is 39.5 Å². The number of amides is 1. The number of likely N-dealkylation sites (N-methyl/N-ethyl adjacent to an activating group) is 1. The Hall–Kier alpha value is -0.770. The van der Waals surface area contributed by atoms with Gasteiger partial charge in [0.1, 0.15) is 5.60 Å². The molecular weight excluding hydrogens is 230 g/mol. The molecular formula is C14H27NO3. The molecule has 0 aromatic carbocycles. The number of hydrogen-bond acceptors (Lipinski definition) is 3. The van der Waals surface area contributed by atoms with Crippen LogP contribution in [0.5, 0.6) is 0 Å². The van der Waals surface area contributed by atoms with Crippen molar-refractivity contribution in [2.75, 3.05) is 13.6 Å². The highest BCUT2D eigenvalue weighted by Gasteiger charge is 2.26. The van der Waals surface area contributed by atoms with Gasteiger partial charge in [-0.3, -0.25) is 0 Å². The highest BCUT2D eigenvalue weighted by molar-refractivity contribution is 5.67. The summed E-state index contributed by atoms with van der Waals surface area (Å²) in [6.45, 7) is 5.89. The molecule has 1 rings (SSSR count). The van der Waals surface area contributed by atoms with E-state index in [4.69, 9.17) is 4.74 Å². The van der Waals surface area contributed by atoms with Crippen molar-refractivity contribution in [1.82, 2.24) is 4.90 Å². The van der Waals surface area contributed by atoms with Crippen molar-refractivity contribution in [3.05, 3.63) is 0 Å². The second-order valence-electron chi connectivity index (χ2n) is 6.33. The Morgan fingerprint density at radius 2 is 1.89 bits per heavy atom. The molecule has 4 heteroatoms. The van der Waals surface area contributed by atoms with Gasteiger partial charge >= 0.3 is 6.09 Å². The molecule has 1 aliphatic carbocycles. The Morgan fingerprint density at radius 3 is 2.39 bits per heavy atom. The largest absolute Gasteiger partial charge is 0.444 e. The van der Waals surface area contributed by atoms with Gasteiger partial charge in [0.05, 0.1) is 6.10 Å². The lowest BCUT2D eigenvalue weighted by molar-refractivity contribution is 0.00975. The van der Waals surface area contributed by atoms with E-state index in [1.165, 1.54) is 24.2 Å². The predicted octanol–water partition coefficient (Wildman–Crippen LogP) is 2.79. The average Bonchev–Trinajstić information content (AvgIpc) is 2.27. The molecule has 0 aliphatic heterocycles. The summed E-state index contributed by atoms with van der Waals surface area (Å²) in [5.41, 5.74) is -0.485. The molecule has 1 unspecified atom stereocenters. The first-order chi connectivity index (χ1) is 8.29. The van der Waals surface area contributed by atoms with Crippen LogP contribution in [-0.2, 0) is 4.74 Å². The highest BCUT2D eigenvalue weighted by atomic mass is 16.6. The van der Waals surface area contributed by atoms with E-state index in [0.717, 1.165) is 12.8 Å². The van der Waals surface area contributed by atoms with Crippen LogP contribution in [0.2, 0.25) is 0 Å². The fourth-order valence-electron chi connectivity index (χ4n) is 2.36. The summed E-state index contributed by atoms with van der Waals surface area (Å²) in [4.78, 5) is 13.2. The molecule has 0 heterocycles. The molecule has 1 amide bonds. The summed E-state index contributed by atoms with van der Waals surface area (Å²) in [6, 6.07) is 0. The number of carbonyl (C=O) groups is 1. The van der Waals surface area contributed by atoms with Crippen molar-refractivity contribution in [2.45, 2.75) is 64.6 Å². The fraction of sp³-hybridized carbons (Fsp3) is 0.929. The second kappa shape index (κ2) is 6.41. The normalized spacial score (nSPS) is 19.4. The molecule has 18 heavy (non-hydrogen) atoms. The van der Waals surface area contributed by atoms with Crippen molar-refractivity contribution in [1.29, 1.82) is 0 Å². The van der Waals surface area contributed by atoms with E-state index in [0.29, 0.717) is 12.5 Å². The molecule has 1 fully saturated rings. The highest BCUT2D eigenvalue weighted by Crippen LogP contribution is 2.26. The maximum atomic E-state index is 11.8. The Balaban J connectivity index is 2.38. The minimum absolute atomic E-state index is 0.337. The van der Waals surface area contributed by atoms with E-state index in [9.17, 15) is 9.90 Å². The van der Waals surface area contributed by atoms with Crippen molar-refractivity contribution in [3.63, 3.8) is 0 Å². The first-order valence-corrected chi connectivity index (χ1v) is 6.92. The van der Waals surface area contributed by atoms with Gasteiger partial charge in [0.2, 0.25) is 0 Å². The molecule has 1 aliphatic rings. The molecule has 0 saturated heterocycles. The Morgan fingerprint density at radius 1 is 1.33 bits per heavy atom. The standard InChI is InChI=1S/C14H27NO3/c1-14(2,3)18-13(17)15(4)10-12(16)11-8-6-5-7-9-11/h11-12,16H,5-10H2,1-4H3. The van der Waals surface area contributed by atoms with Crippen LogP contribution in [0, 0.1) is 5.92 Å². The SMILES string of the molecule is CN(CC(O)C1CCCCC1)C(=O)OC(C)(C)C. The van der Waals surface area contributed by atoms with E-state index in [-0.39, 0.29) is 6.09 Å². The minimum atomic E-state index is -0.485. The zero-order chi connectivity index (χ0) is 13.8. The van der Waals surface area contributed by atoms with Gasteiger partial charge in [-0.1, -0.05) is 19.3 Å². The van der Waals surface area contributed by atoms with Gasteiger partial charge in [-0.2, -0.15) is 0 Å². The van der Waals surface area contributed by atoms with Crippen molar-refractivity contribution in [2.24, 2.45) is 5.92 Å². The zero-order valence-corrected chi connectivity index (χ0v) is 12.1. The summed E-state index contributed by atoms with van der Waals surface area (Å²) in [7, 11) is 1.68. The molecule has 4 nitrogen and oxygen atoms in total. The van der Waals surface area contributed by atoms with Gasteiger partial charge in [0.25, 0.3) is 0 Å². The van der Waals surface area contributed by atoms with E-state index >= 15 is 0 Å². The Bertz CT molecular complexity index is 267. The maximum absolute atomic E-state index is 11.8. The van der Waals surface area contributed by atoms with E-state index in [2.05, 4.69) is 0 Å². The van der Waals surface area contributed by atoms with Gasteiger partial charge in [0.15, 0.2) is 0 Å². The number of rotatable bonds is 3. The van der Waals surface area contributed by atoms with Crippen LogP contribution in [0.25, 0.3) is 0 Å². The number of nitrogens with zero attached hydrogens (tertiary/aromatic N) is 1. The van der Waals surface area contributed by atoms with E-state index in [1.54, 1.807) is 7.05 Å². The third-order valence-electron chi connectivity index (χ3n) is 3.36. The van der Waals surface area contributed by atoms with Crippen LogP contribution in [0.1, 0.15) is 52.9 Å². The fourth-order valence-corrected chi connectivity index (χ4v) is 2.36. The minimum Gasteiger partial charge on any atom is -0.444 e. The quantitative estimate of drug-likeness (QED) is 0.845. The van der Waals surface area contributed by atoms with Crippen LogP contribution < -0.4 is 0 Å². The Labute approximate surface area is 110 Å². The number of aliphatic hydroxyl groups excluding tert-OH is 1. The lowest BCUT2D eigenvalue weighted by atomic mass is 9.85. The molecule has 1 saturated carbocycles. The van der Waals surface area contributed by atoms with Crippen molar-refractivity contribution >= 4 is 6.09 Å². The van der Waals surface area contributed by atoms with Gasteiger partial charge in [-0.25, -0.2) is 4.79 Å². The third kappa shape index (κ3) is 5.25. The van der Waals surface area contributed by atoms with Crippen molar-refractivity contribution < 1.29 is 14.6 Å². The summed E-state index contributed by atoms with van der Waals surface area (Å²) in [5.74, 6) is 0.337. The summed E-state index contributed by atoms with van der Waals surface area (Å²) < 4.78 is 5.26. The van der Waals surface area contributed by atoms with Crippen molar-refractivity contribution in [3.8, 4) is 0 Å². The Kier molecular flexibility index (Phi) is 5.45. The summed E-state index contributed by atoms with van der Waals surface area (Å²) >= 11 is 0. The summed E-state index contributed by atoms with van der Waals surface area (Å²) in [6.07, 6.45) is 5.01. The first-order valence-electron chi connectivity index (χ1n) is 6.92. The molecule has 0 bridgehead atoms. The zero-order valence-electron chi connectivity index (χ0n) is 12.1. The monoisotopic (exact) mass is 257 g/mol. The van der Waals surface area contributed by atoms with Crippen LogP contribution in [0.15, 0.2) is 0 Å². The van der Waals surface area contributed by atoms with E-state index < -0.39 is 11.7 Å². The molecule has 0 spiro atoms. The number of carbonyl (C=O) groups excluding carboxylic acids is 1. The third-order valence-corrected chi connectivity index (χ3v) is 3.36. The number of aliphatic hydroxyl groups is 1. The van der Waals surface area contributed by atoms with E-state index in [1.807, 2.05) is 20.8 Å². The molecule has 0 radical (unpaired) electrons. The molecule has 1 atom stereocenters. The van der Waals surface area contributed by atoms with Crippen LogP contribution >= 0.6 is 0 Å². The van der Waals surface area contributed by atoms with Crippen LogP contribution in [-0.4, -0.2) is 41.4 Å². The number of hydrogen-bond donors (Lipinski definition) is 1. The molecule has 0 aromatic rings. The predicted molar refractivity (Wildman–Crippen MR) is 71.4 cm³/mol. The summed E-state index contributed by atoms with van der Waals surface area (Å²) in [5, 5.41) is 10.1. The van der Waals surface area contributed by atoms with Gasteiger partial charge < -0.3 is 14.7 Å². The number of ether oxygens (including phenoxy) is 1. The van der Waals surface area contributed by atoms with Gasteiger partial charge in [-0.15, -0.1) is 0 Å².